The van der Waals surface area contributed by atoms with E-state index in [1.165, 1.54) is 5.56 Å². The SMILES string of the molecule is CC(C)(Cc1ccccc1)C(=O)NCCCN1CCOCC1. The minimum Gasteiger partial charge on any atom is -0.379 e. The molecule has 1 N–H and O–H groups in total. The average Bonchev–Trinajstić information content (AvgIpc) is 2.53. The second-order valence-corrected chi connectivity index (χ2v) is 6.61. The molecule has 0 radical (unpaired) electrons. The third-order valence-corrected chi connectivity index (χ3v) is 4.14. The van der Waals surface area contributed by atoms with Crippen LogP contribution in [0.5, 0.6) is 0 Å². The maximum Gasteiger partial charge on any atom is 0.225 e. The summed E-state index contributed by atoms with van der Waals surface area (Å²) in [6.07, 6.45) is 1.76. The number of morpholine rings is 1. The van der Waals surface area contributed by atoms with E-state index >= 15 is 0 Å². The Morgan fingerprint density at radius 2 is 1.91 bits per heavy atom. The van der Waals surface area contributed by atoms with Crippen LogP contribution in [0.25, 0.3) is 0 Å². The maximum absolute atomic E-state index is 12.4. The minimum atomic E-state index is -0.375. The van der Waals surface area contributed by atoms with Gasteiger partial charge >= 0.3 is 0 Å². The molecule has 1 aromatic carbocycles. The Kier molecular flexibility index (Phi) is 6.40. The first-order valence-corrected chi connectivity index (χ1v) is 8.20. The highest BCUT2D eigenvalue weighted by atomic mass is 16.5. The summed E-state index contributed by atoms with van der Waals surface area (Å²) < 4.78 is 5.33. The Morgan fingerprint density at radius 3 is 2.59 bits per heavy atom. The van der Waals surface area contributed by atoms with Crippen LogP contribution in [0.15, 0.2) is 30.3 Å². The summed E-state index contributed by atoms with van der Waals surface area (Å²) in [4.78, 5) is 14.8. The van der Waals surface area contributed by atoms with Crippen LogP contribution in [0.1, 0.15) is 25.8 Å². The summed E-state index contributed by atoms with van der Waals surface area (Å²) in [6, 6.07) is 10.2. The highest BCUT2D eigenvalue weighted by Crippen LogP contribution is 2.21. The van der Waals surface area contributed by atoms with Gasteiger partial charge in [-0.3, -0.25) is 9.69 Å². The van der Waals surface area contributed by atoms with E-state index in [1.54, 1.807) is 0 Å². The molecular formula is C18H28N2O2. The number of benzene rings is 1. The van der Waals surface area contributed by atoms with Gasteiger partial charge in [0.2, 0.25) is 5.91 Å². The van der Waals surface area contributed by atoms with Crippen molar-refractivity contribution in [3.63, 3.8) is 0 Å². The number of amides is 1. The Labute approximate surface area is 133 Å². The quantitative estimate of drug-likeness (QED) is 0.784. The average molecular weight is 304 g/mol. The number of ether oxygens (including phenoxy) is 1. The van der Waals surface area contributed by atoms with Crippen molar-refractivity contribution in [2.75, 3.05) is 39.4 Å². The number of carbonyl (C=O) groups excluding carboxylic acids is 1. The van der Waals surface area contributed by atoms with Gasteiger partial charge in [0, 0.05) is 25.0 Å². The van der Waals surface area contributed by atoms with Gasteiger partial charge in [-0.05, 0) is 24.9 Å². The zero-order valence-electron chi connectivity index (χ0n) is 13.8. The van der Waals surface area contributed by atoms with Crippen LogP contribution in [0.3, 0.4) is 0 Å². The summed E-state index contributed by atoms with van der Waals surface area (Å²) in [5.41, 5.74) is 0.830. The fourth-order valence-electron chi connectivity index (χ4n) is 2.76. The maximum atomic E-state index is 12.4. The van der Waals surface area contributed by atoms with E-state index in [1.807, 2.05) is 32.0 Å². The van der Waals surface area contributed by atoms with E-state index in [4.69, 9.17) is 4.74 Å². The predicted molar refractivity (Wildman–Crippen MR) is 88.8 cm³/mol. The van der Waals surface area contributed by atoms with Crippen molar-refractivity contribution in [2.24, 2.45) is 5.41 Å². The first-order valence-electron chi connectivity index (χ1n) is 8.20. The Balaban J connectivity index is 1.69. The van der Waals surface area contributed by atoms with Crippen LogP contribution in [0, 0.1) is 5.41 Å². The molecule has 0 bridgehead atoms. The lowest BCUT2D eigenvalue weighted by molar-refractivity contribution is -0.129. The summed E-state index contributed by atoms with van der Waals surface area (Å²) in [7, 11) is 0. The highest BCUT2D eigenvalue weighted by Gasteiger charge is 2.27. The first-order chi connectivity index (χ1) is 10.6. The molecule has 22 heavy (non-hydrogen) atoms. The number of carbonyl (C=O) groups is 1. The van der Waals surface area contributed by atoms with Crippen LogP contribution in [-0.2, 0) is 16.0 Å². The molecule has 1 amide bonds. The monoisotopic (exact) mass is 304 g/mol. The molecule has 4 nitrogen and oxygen atoms in total. The Morgan fingerprint density at radius 1 is 1.23 bits per heavy atom. The Hall–Kier alpha value is -1.39. The summed E-state index contributed by atoms with van der Waals surface area (Å²) in [5.74, 6) is 0.137. The summed E-state index contributed by atoms with van der Waals surface area (Å²) in [5, 5.41) is 3.09. The third kappa shape index (κ3) is 5.43. The number of hydrogen-bond acceptors (Lipinski definition) is 3. The number of nitrogens with one attached hydrogen (secondary N) is 1. The molecule has 1 heterocycles. The molecule has 1 fully saturated rings. The van der Waals surface area contributed by atoms with Gasteiger partial charge < -0.3 is 10.1 Å². The summed E-state index contributed by atoms with van der Waals surface area (Å²) in [6.45, 7) is 9.47. The normalized spacial score (nSPS) is 16.5. The largest absolute Gasteiger partial charge is 0.379 e. The second-order valence-electron chi connectivity index (χ2n) is 6.61. The van der Waals surface area contributed by atoms with Gasteiger partial charge in [-0.2, -0.15) is 0 Å². The lowest BCUT2D eigenvalue weighted by atomic mass is 9.85. The molecule has 1 aliphatic rings. The molecule has 1 aliphatic heterocycles. The van der Waals surface area contributed by atoms with Gasteiger partial charge in [0.15, 0.2) is 0 Å². The molecular weight excluding hydrogens is 276 g/mol. The van der Waals surface area contributed by atoms with E-state index in [0.717, 1.165) is 52.2 Å². The molecule has 4 heteroatoms. The van der Waals surface area contributed by atoms with Crippen molar-refractivity contribution in [3.8, 4) is 0 Å². The van der Waals surface area contributed by atoms with E-state index in [9.17, 15) is 4.79 Å². The molecule has 0 saturated carbocycles. The molecule has 122 valence electrons. The summed E-state index contributed by atoms with van der Waals surface area (Å²) >= 11 is 0. The standard InChI is InChI=1S/C18H28N2O2/c1-18(2,15-16-7-4-3-5-8-16)17(21)19-9-6-10-20-11-13-22-14-12-20/h3-5,7-8H,6,9-15H2,1-2H3,(H,19,21). The van der Waals surface area contributed by atoms with E-state index in [-0.39, 0.29) is 11.3 Å². The third-order valence-electron chi connectivity index (χ3n) is 4.14. The topological polar surface area (TPSA) is 41.6 Å². The number of nitrogens with zero attached hydrogens (tertiary/aromatic N) is 1. The van der Waals surface area contributed by atoms with Gasteiger partial charge in [-0.25, -0.2) is 0 Å². The fourth-order valence-corrected chi connectivity index (χ4v) is 2.76. The predicted octanol–water partition coefficient (Wildman–Crippen LogP) is 2.09. The smallest absolute Gasteiger partial charge is 0.225 e. The second kappa shape index (κ2) is 8.30. The van der Waals surface area contributed by atoms with Crippen LogP contribution >= 0.6 is 0 Å². The van der Waals surface area contributed by atoms with Crippen LogP contribution in [0.2, 0.25) is 0 Å². The van der Waals surface area contributed by atoms with Crippen molar-refractivity contribution >= 4 is 5.91 Å². The van der Waals surface area contributed by atoms with Crippen LogP contribution in [-0.4, -0.2) is 50.2 Å². The van der Waals surface area contributed by atoms with Gasteiger partial charge in [-0.1, -0.05) is 44.2 Å². The molecule has 1 saturated heterocycles. The van der Waals surface area contributed by atoms with Gasteiger partial charge in [0.25, 0.3) is 0 Å². The Bertz CT molecular complexity index is 453. The van der Waals surface area contributed by atoms with E-state index in [0.29, 0.717) is 0 Å². The van der Waals surface area contributed by atoms with Gasteiger partial charge in [0.1, 0.15) is 0 Å². The molecule has 0 aliphatic carbocycles. The molecule has 0 aromatic heterocycles. The number of hydrogen-bond donors (Lipinski definition) is 1. The molecule has 0 spiro atoms. The fraction of sp³-hybridized carbons (Fsp3) is 0.611. The first kappa shape index (κ1) is 17.0. The zero-order chi connectivity index (χ0) is 15.8. The minimum absolute atomic E-state index is 0.137. The van der Waals surface area contributed by atoms with Crippen molar-refractivity contribution in [3.05, 3.63) is 35.9 Å². The number of rotatable bonds is 7. The van der Waals surface area contributed by atoms with Gasteiger partial charge in [-0.15, -0.1) is 0 Å². The zero-order valence-corrected chi connectivity index (χ0v) is 13.8. The van der Waals surface area contributed by atoms with Gasteiger partial charge in [0.05, 0.1) is 13.2 Å². The molecule has 2 rings (SSSR count). The molecule has 1 aromatic rings. The van der Waals surface area contributed by atoms with Crippen molar-refractivity contribution in [1.29, 1.82) is 0 Å². The lowest BCUT2D eigenvalue weighted by Gasteiger charge is -2.27. The lowest BCUT2D eigenvalue weighted by Crippen LogP contribution is -2.41. The van der Waals surface area contributed by atoms with E-state index < -0.39 is 0 Å². The van der Waals surface area contributed by atoms with Crippen LogP contribution in [0.4, 0.5) is 0 Å². The molecule has 0 unspecified atom stereocenters. The van der Waals surface area contributed by atoms with E-state index in [2.05, 4.69) is 22.3 Å². The van der Waals surface area contributed by atoms with Crippen molar-refractivity contribution in [1.82, 2.24) is 10.2 Å². The van der Waals surface area contributed by atoms with Crippen molar-refractivity contribution < 1.29 is 9.53 Å². The highest BCUT2D eigenvalue weighted by molar-refractivity contribution is 5.82. The molecule has 0 atom stereocenters. The van der Waals surface area contributed by atoms with Crippen molar-refractivity contribution in [2.45, 2.75) is 26.7 Å². The van der Waals surface area contributed by atoms with Crippen LogP contribution < -0.4 is 5.32 Å².